The number of furan rings is 1. The van der Waals surface area contributed by atoms with E-state index in [2.05, 4.69) is 18.7 Å². The van der Waals surface area contributed by atoms with Gasteiger partial charge in [-0.3, -0.25) is 4.90 Å². The SMILES string of the molecule is CC1CC(C)N(Cc2ccoc2CN)C1. The molecule has 0 amide bonds. The maximum absolute atomic E-state index is 5.62. The van der Waals surface area contributed by atoms with Gasteiger partial charge in [-0.15, -0.1) is 0 Å². The van der Waals surface area contributed by atoms with Gasteiger partial charge in [0.2, 0.25) is 0 Å². The van der Waals surface area contributed by atoms with Crippen LogP contribution in [-0.4, -0.2) is 17.5 Å². The Labute approximate surface area is 91.2 Å². The van der Waals surface area contributed by atoms with Crippen molar-refractivity contribution in [1.29, 1.82) is 0 Å². The minimum atomic E-state index is 0.500. The van der Waals surface area contributed by atoms with Gasteiger partial charge in [0.1, 0.15) is 5.76 Å². The summed E-state index contributed by atoms with van der Waals surface area (Å²) < 4.78 is 5.33. The molecule has 15 heavy (non-hydrogen) atoms. The molecule has 3 heteroatoms. The molecule has 0 bridgehead atoms. The molecule has 2 rings (SSSR count). The van der Waals surface area contributed by atoms with Gasteiger partial charge in [-0.25, -0.2) is 0 Å². The molecule has 2 unspecified atom stereocenters. The van der Waals surface area contributed by atoms with E-state index in [1.165, 1.54) is 18.5 Å². The molecule has 0 aliphatic carbocycles. The fourth-order valence-corrected chi connectivity index (χ4v) is 2.51. The third-order valence-electron chi connectivity index (χ3n) is 3.31. The second-order valence-electron chi connectivity index (χ2n) is 4.69. The molecule has 0 saturated carbocycles. The van der Waals surface area contributed by atoms with E-state index in [1.807, 2.05) is 6.07 Å². The van der Waals surface area contributed by atoms with E-state index in [9.17, 15) is 0 Å². The van der Waals surface area contributed by atoms with Crippen LogP contribution in [0.3, 0.4) is 0 Å². The molecule has 2 atom stereocenters. The van der Waals surface area contributed by atoms with Crippen LogP contribution < -0.4 is 5.73 Å². The third-order valence-corrected chi connectivity index (χ3v) is 3.31. The minimum absolute atomic E-state index is 0.500. The maximum Gasteiger partial charge on any atom is 0.121 e. The summed E-state index contributed by atoms with van der Waals surface area (Å²) in [5.41, 5.74) is 6.87. The summed E-state index contributed by atoms with van der Waals surface area (Å²) in [7, 11) is 0. The van der Waals surface area contributed by atoms with Crippen molar-refractivity contribution >= 4 is 0 Å². The zero-order valence-electron chi connectivity index (χ0n) is 9.57. The van der Waals surface area contributed by atoms with Gasteiger partial charge in [-0.2, -0.15) is 0 Å². The Morgan fingerprint density at radius 1 is 1.53 bits per heavy atom. The van der Waals surface area contributed by atoms with Gasteiger partial charge >= 0.3 is 0 Å². The molecular weight excluding hydrogens is 188 g/mol. The van der Waals surface area contributed by atoms with Crippen LogP contribution in [0.25, 0.3) is 0 Å². The molecule has 2 heterocycles. The standard InChI is InChI=1S/C12H20N2O/c1-9-5-10(2)14(7-9)8-11-3-4-15-12(11)6-13/h3-4,9-10H,5-8,13H2,1-2H3. The van der Waals surface area contributed by atoms with Crippen LogP contribution in [0.5, 0.6) is 0 Å². The monoisotopic (exact) mass is 208 g/mol. The fourth-order valence-electron chi connectivity index (χ4n) is 2.51. The zero-order chi connectivity index (χ0) is 10.8. The highest BCUT2D eigenvalue weighted by atomic mass is 16.3. The van der Waals surface area contributed by atoms with E-state index >= 15 is 0 Å². The van der Waals surface area contributed by atoms with Crippen molar-refractivity contribution in [3.05, 3.63) is 23.7 Å². The number of nitrogens with two attached hydrogens (primary N) is 1. The molecule has 1 aromatic heterocycles. The molecule has 1 aliphatic heterocycles. The molecular formula is C12H20N2O. The summed E-state index contributed by atoms with van der Waals surface area (Å²) in [5, 5.41) is 0. The number of nitrogens with zero attached hydrogens (tertiary/aromatic N) is 1. The van der Waals surface area contributed by atoms with Crippen molar-refractivity contribution in [2.75, 3.05) is 6.54 Å². The van der Waals surface area contributed by atoms with Gasteiger partial charge in [0.15, 0.2) is 0 Å². The first-order chi connectivity index (χ1) is 7.20. The van der Waals surface area contributed by atoms with Gasteiger partial charge in [0, 0.05) is 24.7 Å². The van der Waals surface area contributed by atoms with Crippen LogP contribution in [0.2, 0.25) is 0 Å². The lowest BCUT2D eigenvalue weighted by atomic mass is 10.1. The van der Waals surface area contributed by atoms with Gasteiger partial charge in [0.25, 0.3) is 0 Å². The summed E-state index contributed by atoms with van der Waals surface area (Å²) in [6, 6.07) is 2.72. The van der Waals surface area contributed by atoms with Gasteiger partial charge in [-0.1, -0.05) is 6.92 Å². The first-order valence-corrected chi connectivity index (χ1v) is 5.70. The Kier molecular flexibility index (Phi) is 3.12. The predicted octanol–water partition coefficient (Wildman–Crippen LogP) is 1.97. The Balaban J connectivity index is 2.02. The number of hydrogen-bond acceptors (Lipinski definition) is 3. The fraction of sp³-hybridized carbons (Fsp3) is 0.667. The lowest BCUT2D eigenvalue weighted by molar-refractivity contribution is 0.254. The molecule has 0 spiro atoms. The van der Waals surface area contributed by atoms with Crippen LogP contribution in [0.4, 0.5) is 0 Å². The van der Waals surface area contributed by atoms with Crippen LogP contribution >= 0.6 is 0 Å². The second kappa shape index (κ2) is 4.37. The topological polar surface area (TPSA) is 42.4 Å². The predicted molar refractivity (Wildman–Crippen MR) is 60.3 cm³/mol. The largest absolute Gasteiger partial charge is 0.468 e. The molecule has 2 N–H and O–H groups in total. The van der Waals surface area contributed by atoms with Crippen LogP contribution in [-0.2, 0) is 13.1 Å². The van der Waals surface area contributed by atoms with E-state index < -0.39 is 0 Å². The number of rotatable bonds is 3. The van der Waals surface area contributed by atoms with Crippen LogP contribution in [0.15, 0.2) is 16.7 Å². The van der Waals surface area contributed by atoms with Gasteiger partial charge < -0.3 is 10.2 Å². The highest BCUT2D eigenvalue weighted by Gasteiger charge is 2.26. The molecule has 1 aromatic rings. The van der Waals surface area contributed by atoms with E-state index in [1.54, 1.807) is 6.26 Å². The zero-order valence-corrected chi connectivity index (χ0v) is 9.57. The Bertz CT molecular complexity index is 321. The highest BCUT2D eigenvalue weighted by molar-refractivity contribution is 5.17. The average Bonchev–Trinajstić information content (AvgIpc) is 2.74. The molecule has 0 radical (unpaired) electrons. The second-order valence-corrected chi connectivity index (χ2v) is 4.69. The molecule has 1 fully saturated rings. The number of likely N-dealkylation sites (tertiary alicyclic amines) is 1. The molecule has 3 nitrogen and oxygen atoms in total. The highest BCUT2D eigenvalue weighted by Crippen LogP contribution is 2.25. The van der Waals surface area contributed by atoms with E-state index in [-0.39, 0.29) is 0 Å². The van der Waals surface area contributed by atoms with E-state index in [0.717, 1.165) is 18.2 Å². The summed E-state index contributed by atoms with van der Waals surface area (Å²) in [5.74, 6) is 1.75. The minimum Gasteiger partial charge on any atom is -0.468 e. The first-order valence-electron chi connectivity index (χ1n) is 5.70. The maximum atomic E-state index is 5.62. The Morgan fingerprint density at radius 3 is 2.93 bits per heavy atom. The lowest BCUT2D eigenvalue weighted by Gasteiger charge is -2.20. The van der Waals surface area contributed by atoms with Crippen LogP contribution in [0, 0.1) is 5.92 Å². The normalized spacial score (nSPS) is 27.4. The molecule has 84 valence electrons. The summed E-state index contributed by atoms with van der Waals surface area (Å²) >= 11 is 0. The Morgan fingerprint density at radius 2 is 2.33 bits per heavy atom. The Hall–Kier alpha value is -0.800. The third kappa shape index (κ3) is 2.24. The quantitative estimate of drug-likeness (QED) is 0.825. The lowest BCUT2D eigenvalue weighted by Crippen LogP contribution is -2.26. The van der Waals surface area contributed by atoms with Crippen molar-refractivity contribution in [2.45, 2.75) is 39.4 Å². The first kappa shape index (κ1) is 10.7. The summed E-state index contributed by atoms with van der Waals surface area (Å²) in [4.78, 5) is 2.51. The molecule has 1 saturated heterocycles. The van der Waals surface area contributed by atoms with Crippen LogP contribution in [0.1, 0.15) is 31.6 Å². The average molecular weight is 208 g/mol. The van der Waals surface area contributed by atoms with Crippen molar-refractivity contribution < 1.29 is 4.42 Å². The van der Waals surface area contributed by atoms with Crippen molar-refractivity contribution in [1.82, 2.24) is 4.90 Å². The van der Waals surface area contributed by atoms with Gasteiger partial charge in [-0.05, 0) is 25.3 Å². The van der Waals surface area contributed by atoms with Crippen molar-refractivity contribution in [2.24, 2.45) is 11.7 Å². The molecule has 0 aromatic carbocycles. The van der Waals surface area contributed by atoms with Gasteiger partial charge in [0.05, 0.1) is 12.8 Å². The summed E-state index contributed by atoms with van der Waals surface area (Å²) in [6.07, 6.45) is 3.04. The smallest absolute Gasteiger partial charge is 0.121 e. The summed E-state index contributed by atoms with van der Waals surface area (Å²) in [6.45, 7) is 7.28. The molecule has 1 aliphatic rings. The van der Waals surface area contributed by atoms with E-state index in [4.69, 9.17) is 10.2 Å². The van der Waals surface area contributed by atoms with E-state index in [0.29, 0.717) is 12.6 Å². The van der Waals surface area contributed by atoms with Crippen molar-refractivity contribution in [3.8, 4) is 0 Å². The van der Waals surface area contributed by atoms with Crippen molar-refractivity contribution in [3.63, 3.8) is 0 Å². The number of hydrogen-bond donors (Lipinski definition) is 1.